The molecule has 0 saturated carbocycles. The largest absolute Gasteiger partial charge is 0.326 e. The van der Waals surface area contributed by atoms with E-state index in [4.69, 9.17) is 0 Å². The van der Waals surface area contributed by atoms with Crippen LogP contribution in [0, 0.1) is 0 Å². The number of hydrogen-bond acceptors (Lipinski definition) is 11. The lowest BCUT2D eigenvalue weighted by atomic mass is 10.0. The molecule has 0 spiro atoms. The SMILES string of the molecule is CC(=O)CN(CC(C)N(CC(C)=O)CC(C)=O)CC(Cc1ccc(NC(=O)CCCCCN2C(=O)C=CC2=O)cc1)N(CC(C)=O)CC(C)=O. The molecule has 0 radical (unpaired) electrons. The number of nitrogens with one attached hydrogen (secondary N) is 1. The third-order valence-electron chi connectivity index (χ3n) is 8.18. The second kappa shape index (κ2) is 21.1. The van der Waals surface area contributed by atoms with Crippen LogP contribution in [0.25, 0.3) is 0 Å². The van der Waals surface area contributed by atoms with Crippen molar-refractivity contribution in [2.45, 2.75) is 85.7 Å². The summed E-state index contributed by atoms with van der Waals surface area (Å²) in [5.41, 5.74) is 1.51. The summed E-state index contributed by atoms with van der Waals surface area (Å²) in [4.78, 5) is 104. The number of benzene rings is 1. The Balaban J connectivity index is 2.13. The van der Waals surface area contributed by atoms with E-state index in [0.29, 0.717) is 51.0 Å². The Hall–Kier alpha value is -4.20. The van der Waals surface area contributed by atoms with E-state index in [1.807, 2.05) is 28.9 Å². The molecule has 2 unspecified atom stereocenters. The van der Waals surface area contributed by atoms with Gasteiger partial charge in [0.15, 0.2) is 0 Å². The number of unbranched alkanes of at least 4 members (excludes halogenated alkanes) is 2. The number of imide groups is 1. The molecule has 1 aromatic rings. The molecule has 3 amide bonds. The number of nitrogens with zero attached hydrogens (tertiary/aromatic N) is 4. The summed E-state index contributed by atoms with van der Waals surface area (Å²) in [5.74, 6) is -1.21. The zero-order chi connectivity index (χ0) is 37.4. The molecule has 0 bridgehead atoms. The van der Waals surface area contributed by atoms with Crippen LogP contribution in [0.4, 0.5) is 5.69 Å². The summed E-state index contributed by atoms with van der Waals surface area (Å²) in [5, 5.41) is 2.89. The molecule has 274 valence electrons. The molecule has 50 heavy (non-hydrogen) atoms. The molecule has 0 fully saturated rings. The first-order valence-corrected chi connectivity index (χ1v) is 17.1. The maximum atomic E-state index is 12.6. The topological polar surface area (TPSA) is 162 Å². The van der Waals surface area contributed by atoms with Crippen LogP contribution in [-0.4, -0.2) is 131 Å². The van der Waals surface area contributed by atoms with Crippen molar-refractivity contribution < 1.29 is 38.4 Å². The van der Waals surface area contributed by atoms with Crippen LogP contribution < -0.4 is 5.32 Å². The van der Waals surface area contributed by atoms with Gasteiger partial charge in [-0.3, -0.25) is 58.0 Å². The maximum absolute atomic E-state index is 12.6. The lowest BCUT2D eigenvalue weighted by Crippen LogP contribution is -2.52. The van der Waals surface area contributed by atoms with Crippen molar-refractivity contribution in [2.24, 2.45) is 0 Å². The number of carbonyl (C=O) groups is 8. The first kappa shape index (κ1) is 42.0. The van der Waals surface area contributed by atoms with Gasteiger partial charge in [0.05, 0.1) is 32.7 Å². The summed E-state index contributed by atoms with van der Waals surface area (Å²) in [6.07, 6.45) is 5.15. The van der Waals surface area contributed by atoms with Crippen LogP contribution in [0.1, 0.15) is 72.8 Å². The van der Waals surface area contributed by atoms with E-state index >= 15 is 0 Å². The smallest absolute Gasteiger partial charge is 0.253 e. The van der Waals surface area contributed by atoms with Crippen molar-refractivity contribution in [3.63, 3.8) is 0 Å². The monoisotopic (exact) mass is 695 g/mol. The number of amides is 3. The molecule has 1 aliphatic heterocycles. The lowest BCUT2D eigenvalue weighted by Gasteiger charge is -2.37. The summed E-state index contributed by atoms with van der Waals surface area (Å²) < 4.78 is 0. The summed E-state index contributed by atoms with van der Waals surface area (Å²) in [7, 11) is 0. The van der Waals surface area contributed by atoms with Crippen molar-refractivity contribution in [1.29, 1.82) is 0 Å². The molecule has 2 rings (SSSR count). The molecule has 1 N–H and O–H groups in total. The van der Waals surface area contributed by atoms with E-state index in [9.17, 15) is 38.4 Å². The highest BCUT2D eigenvalue weighted by Crippen LogP contribution is 2.17. The van der Waals surface area contributed by atoms with Gasteiger partial charge in [-0.1, -0.05) is 18.6 Å². The number of Topliss-reactive ketones (excluding diaryl/α,β-unsaturated/α-hetero) is 5. The van der Waals surface area contributed by atoms with Crippen molar-refractivity contribution in [1.82, 2.24) is 19.6 Å². The maximum Gasteiger partial charge on any atom is 0.253 e. The molecular weight excluding hydrogens is 642 g/mol. The summed E-state index contributed by atoms with van der Waals surface area (Å²) in [6, 6.07) is 6.75. The normalized spacial score (nSPS) is 14.1. The van der Waals surface area contributed by atoms with Gasteiger partial charge in [-0.05, 0) is 78.5 Å². The van der Waals surface area contributed by atoms with Gasteiger partial charge in [0.2, 0.25) is 5.91 Å². The fourth-order valence-corrected chi connectivity index (χ4v) is 6.04. The van der Waals surface area contributed by atoms with Crippen LogP contribution in [-0.2, 0) is 44.8 Å². The molecule has 0 aliphatic carbocycles. The Kier molecular flexibility index (Phi) is 17.7. The first-order valence-electron chi connectivity index (χ1n) is 17.1. The number of carbonyl (C=O) groups excluding carboxylic acids is 8. The van der Waals surface area contributed by atoms with Gasteiger partial charge in [0.1, 0.15) is 28.9 Å². The van der Waals surface area contributed by atoms with Crippen LogP contribution in [0.5, 0.6) is 0 Å². The molecule has 2 atom stereocenters. The van der Waals surface area contributed by atoms with Gasteiger partial charge in [-0.15, -0.1) is 0 Å². The Morgan fingerprint density at radius 1 is 0.660 bits per heavy atom. The van der Waals surface area contributed by atoms with Gasteiger partial charge < -0.3 is 5.32 Å². The predicted molar refractivity (Wildman–Crippen MR) is 189 cm³/mol. The number of anilines is 1. The second-order valence-electron chi connectivity index (χ2n) is 13.4. The van der Waals surface area contributed by atoms with E-state index in [1.165, 1.54) is 51.7 Å². The fourth-order valence-electron chi connectivity index (χ4n) is 6.04. The van der Waals surface area contributed by atoms with Crippen molar-refractivity contribution in [3.8, 4) is 0 Å². The molecular formula is C37H53N5O8. The third kappa shape index (κ3) is 16.0. The number of hydrogen-bond donors (Lipinski definition) is 1. The molecule has 13 heteroatoms. The Bertz CT molecular complexity index is 1370. The minimum Gasteiger partial charge on any atom is -0.326 e. The Morgan fingerprint density at radius 2 is 1.16 bits per heavy atom. The van der Waals surface area contributed by atoms with Gasteiger partial charge in [0, 0.05) is 56.0 Å². The van der Waals surface area contributed by atoms with E-state index < -0.39 is 0 Å². The highest BCUT2D eigenvalue weighted by Gasteiger charge is 2.27. The average Bonchev–Trinajstić information content (AvgIpc) is 3.32. The standard InChI is InChI=1S/C37H53N5O8/c1-26(40(21-28(3)44)22-29(4)45)19-39(20-27(2)43)25-34(41(23-30(5)46)24-31(6)47)18-32-11-13-33(14-12-32)38-35(48)10-8-7-9-17-42-36(49)15-16-37(42)50/h11-16,26,34H,7-10,17-25H2,1-6H3,(H,38,48). The molecule has 1 heterocycles. The van der Waals surface area contributed by atoms with Crippen LogP contribution in [0.3, 0.4) is 0 Å². The highest BCUT2D eigenvalue weighted by molar-refractivity contribution is 6.12. The lowest BCUT2D eigenvalue weighted by molar-refractivity contribution is -0.137. The van der Waals surface area contributed by atoms with Crippen molar-refractivity contribution >= 4 is 52.3 Å². The predicted octanol–water partition coefficient (Wildman–Crippen LogP) is 2.26. The van der Waals surface area contributed by atoms with E-state index in [2.05, 4.69) is 5.32 Å². The van der Waals surface area contributed by atoms with Gasteiger partial charge in [-0.2, -0.15) is 0 Å². The minimum absolute atomic E-state index is 0.0458. The molecule has 0 saturated heterocycles. The van der Waals surface area contributed by atoms with Gasteiger partial charge >= 0.3 is 0 Å². The van der Waals surface area contributed by atoms with E-state index in [0.717, 1.165) is 5.56 Å². The molecule has 1 aromatic carbocycles. The van der Waals surface area contributed by atoms with Crippen molar-refractivity contribution in [3.05, 3.63) is 42.0 Å². The average molecular weight is 696 g/mol. The summed E-state index contributed by atoms with van der Waals surface area (Å²) >= 11 is 0. The van der Waals surface area contributed by atoms with Gasteiger partial charge in [0.25, 0.3) is 11.8 Å². The highest BCUT2D eigenvalue weighted by atomic mass is 16.2. The Labute approximate surface area is 295 Å². The van der Waals surface area contributed by atoms with Gasteiger partial charge in [-0.25, -0.2) is 0 Å². The van der Waals surface area contributed by atoms with Crippen LogP contribution in [0.15, 0.2) is 36.4 Å². The van der Waals surface area contributed by atoms with Crippen LogP contribution >= 0.6 is 0 Å². The first-order chi connectivity index (χ1) is 23.5. The van der Waals surface area contributed by atoms with Crippen LogP contribution in [0.2, 0.25) is 0 Å². The molecule has 13 nitrogen and oxygen atoms in total. The Morgan fingerprint density at radius 3 is 1.66 bits per heavy atom. The third-order valence-corrected chi connectivity index (χ3v) is 8.18. The zero-order valence-electron chi connectivity index (χ0n) is 30.4. The fraction of sp³-hybridized carbons (Fsp3) is 0.568. The zero-order valence-corrected chi connectivity index (χ0v) is 30.4. The number of ketones is 5. The number of rotatable bonds is 25. The minimum atomic E-state index is -0.342. The van der Waals surface area contributed by atoms with E-state index in [1.54, 1.807) is 17.0 Å². The van der Waals surface area contributed by atoms with Crippen molar-refractivity contribution in [2.75, 3.05) is 57.7 Å². The quantitative estimate of drug-likeness (QED) is 0.118. The van der Waals surface area contributed by atoms with E-state index in [-0.39, 0.29) is 97.9 Å². The molecule has 0 aromatic heterocycles. The molecule has 1 aliphatic rings. The second-order valence-corrected chi connectivity index (χ2v) is 13.4. The summed E-state index contributed by atoms with van der Waals surface area (Å²) in [6.45, 7) is 10.7.